The first-order chi connectivity index (χ1) is 10.1. The largest absolute Gasteiger partial charge is 0.338 e. The van der Waals surface area contributed by atoms with E-state index in [1.54, 1.807) is 0 Å². The Morgan fingerprint density at radius 2 is 2.10 bits per heavy atom. The molecule has 1 aromatic rings. The second kappa shape index (κ2) is 5.80. The Balaban J connectivity index is 1.71. The summed E-state index contributed by atoms with van der Waals surface area (Å²) in [6, 6.07) is 8.77. The van der Waals surface area contributed by atoms with Crippen molar-refractivity contribution in [3.05, 3.63) is 35.4 Å². The number of carbonyl (C=O) groups is 1. The zero-order valence-electron chi connectivity index (χ0n) is 13.1. The number of piperidine rings is 1. The van der Waals surface area contributed by atoms with Crippen LogP contribution in [0.1, 0.15) is 49.7 Å². The third-order valence-electron chi connectivity index (χ3n) is 5.13. The van der Waals surface area contributed by atoms with Crippen LogP contribution in [0, 0.1) is 12.8 Å². The summed E-state index contributed by atoms with van der Waals surface area (Å²) >= 11 is 0. The van der Waals surface area contributed by atoms with Crippen LogP contribution >= 0.6 is 0 Å². The Hall–Kier alpha value is -1.35. The zero-order valence-corrected chi connectivity index (χ0v) is 13.1. The molecule has 1 saturated carbocycles. The van der Waals surface area contributed by atoms with E-state index < -0.39 is 0 Å². The highest BCUT2D eigenvalue weighted by atomic mass is 16.2. The number of hydrogen-bond acceptors (Lipinski definition) is 2. The number of amides is 1. The molecule has 1 saturated heterocycles. The lowest BCUT2D eigenvalue weighted by Gasteiger charge is -2.38. The first kappa shape index (κ1) is 14.6. The lowest BCUT2D eigenvalue weighted by Crippen LogP contribution is -2.52. The molecule has 0 radical (unpaired) electrons. The second-order valence-electron chi connectivity index (χ2n) is 6.76. The molecule has 0 bridgehead atoms. The summed E-state index contributed by atoms with van der Waals surface area (Å²) in [4.78, 5) is 14.9. The molecular weight excluding hydrogens is 260 g/mol. The van der Waals surface area contributed by atoms with Gasteiger partial charge in [0.2, 0.25) is 5.91 Å². The zero-order chi connectivity index (χ0) is 15.0. The van der Waals surface area contributed by atoms with Crippen LogP contribution in [0.5, 0.6) is 0 Å². The van der Waals surface area contributed by atoms with E-state index in [1.807, 2.05) is 6.92 Å². The number of carbonyl (C=O) groups excluding carboxylic acids is 1. The van der Waals surface area contributed by atoms with Gasteiger partial charge in [-0.05, 0) is 56.6 Å². The third-order valence-corrected chi connectivity index (χ3v) is 5.13. The van der Waals surface area contributed by atoms with E-state index in [4.69, 9.17) is 5.73 Å². The van der Waals surface area contributed by atoms with Crippen LogP contribution in [0.15, 0.2) is 24.3 Å². The molecule has 21 heavy (non-hydrogen) atoms. The Labute approximate surface area is 127 Å². The normalized spacial score (nSPS) is 30.0. The van der Waals surface area contributed by atoms with E-state index in [0.717, 1.165) is 25.8 Å². The predicted octanol–water partition coefficient (Wildman–Crippen LogP) is 2.83. The summed E-state index contributed by atoms with van der Waals surface area (Å²) in [5, 5.41) is 0. The predicted molar refractivity (Wildman–Crippen MR) is 85.0 cm³/mol. The average Bonchev–Trinajstić information content (AvgIpc) is 3.27. The first-order valence-electron chi connectivity index (χ1n) is 8.21. The Kier molecular flexibility index (Phi) is 4.03. The van der Waals surface area contributed by atoms with Gasteiger partial charge >= 0.3 is 0 Å². The molecule has 2 aliphatic rings. The smallest absolute Gasteiger partial charge is 0.226 e. The van der Waals surface area contributed by atoms with Gasteiger partial charge in [-0.2, -0.15) is 0 Å². The van der Waals surface area contributed by atoms with Gasteiger partial charge in [-0.15, -0.1) is 0 Å². The second-order valence-corrected chi connectivity index (χ2v) is 6.76. The summed E-state index contributed by atoms with van der Waals surface area (Å²) in [5.74, 6) is 0.949. The molecule has 114 valence electrons. The molecular formula is C18H26N2O. The number of hydrogen-bond donors (Lipinski definition) is 1. The molecule has 1 aliphatic carbocycles. The van der Waals surface area contributed by atoms with Crippen LogP contribution in [-0.4, -0.2) is 29.4 Å². The highest BCUT2D eigenvalue weighted by Gasteiger charge is 2.47. The van der Waals surface area contributed by atoms with Gasteiger partial charge in [0.25, 0.3) is 0 Å². The van der Waals surface area contributed by atoms with Crippen molar-refractivity contribution in [2.75, 3.05) is 6.54 Å². The summed E-state index contributed by atoms with van der Waals surface area (Å²) in [6.45, 7) is 5.06. The lowest BCUT2D eigenvalue weighted by molar-refractivity contribution is -0.136. The van der Waals surface area contributed by atoms with Gasteiger partial charge < -0.3 is 10.6 Å². The molecule has 2 N–H and O–H groups in total. The van der Waals surface area contributed by atoms with E-state index in [2.05, 4.69) is 36.1 Å². The Morgan fingerprint density at radius 3 is 2.81 bits per heavy atom. The molecule has 1 amide bonds. The molecule has 3 nitrogen and oxygen atoms in total. The monoisotopic (exact) mass is 286 g/mol. The standard InChI is InChI=1S/C18H26N2O/c1-12-7-3-4-8-14(12)15-11-16(15)18(21)20-10-6-5-9-17(20)13(2)19/h3-4,7-8,13,15-17H,5-6,9-11,19H2,1-2H3/t13-,15+,16+,17+/m1/s1. The first-order valence-corrected chi connectivity index (χ1v) is 8.21. The average molecular weight is 286 g/mol. The molecule has 3 heteroatoms. The highest BCUT2D eigenvalue weighted by Crippen LogP contribution is 2.50. The van der Waals surface area contributed by atoms with E-state index in [9.17, 15) is 4.79 Å². The SMILES string of the molecule is Cc1ccccc1[C@@H]1C[C@@H]1C(=O)N1CCCC[C@H]1[C@@H](C)N. The van der Waals surface area contributed by atoms with Gasteiger partial charge in [-0.1, -0.05) is 24.3 Å². The summed E-state index contributed by atoms with van der Waals surface area (Å²) < 4.78 is 0. The summed E-state index contributed by atoms with van der Waals surface area (Å²) in [6.07, 6.45) is 4.38. The van der Waals surface area contributed by atoms with E-state index in [-0.39, 0.29) is 18.0 Å². The quantitative estimate of drug-likeness (QED) is 0.928. The lowest BCUT2D eigenvalue weighted by atomic mass is 9.96. The minimum atomic E-state index is 0.0740. The van der Waals surface area contributed by atoms with Crippen LogP contribution in [0.3, 0.4) is 0 Å². The molecule has 3 rings (SSSR count). The van der Waals surface area contributed by atoms with Crippen molar-refractivity contribution in [3.8, 4) is 0 Å². The Bertz CT molecular complexity index is 526. The van der Waals surface area contributed by atoms with Crippen molar-refractivity contribution in [1.82, 2.24) is 4.90 Å². The van der Waals surface area contributed by atoms with Crippen molar-refractivity contribution < 1.29 is 4.79 Å². The van der Waals surface area contributed by atoms with Gasteiger partial charge in [0.1, 0.15) is 0 Å². The van der Waals surface area contributed by atoms with Crippen LogP contribution in [0.4, 0.5) is 0 Å². The number of likely N-dealkylation sites (tertiary alicyclic amines) is 1. The van der Waals surface area contributed by atoms with Gasteiger partial charge in [-0.25, -0.2) is 0 Å². The van der Waals surface area contributed by atoms with E-state index in [0.29, 0.717) is 11.8 Å². The molecule has 1 heterocycles. The Morgan fingerprint density at radius 1 is 1.33 bits per heavy atom. The van der Waals surface area contributed by atoms with Crippen LogP contribution < -0.4 is 5.73 Å². The van der Waals surface area contributed by atoms with Crippen molar-refractivity contribution in [2.24, 2.45) is 11.7 Å². The fourth-order valence-electron chi connectivity index (χ4n) is 3.81. The maximum absolute atomic E-state index is 12.8. The molecule has 1 aromatic carbocycles. The van der Waals surface area contributed by atoms with Crippen LogP contribution in [0.25, 0.3) is 0 Å². The summed E-state index contributed by atoms with van der Waals surface area (Å²) in [5.41, 5.74) is 8.75. The van der Waals surface area contributed by atoms with Gasteiger partial charge in [0.05, 0.1) is 0 Å². The number of rotatable bonds is 3. The van der Waals surface area contributed by atoms with Crippen LogP contribution in [-0.2, 0) is 4.79 Å². The molecule has 4 atom stereocenters. The summed E-state index contributed by atoms with van der Waals surface area (Å²) in [7, 11) is 0. The number of nitrogens with two attached hydrogens (primary N) is 1. The van der Waals surface area contributed by atoms with Crippen molar-refractivity contribution >= 4 is 5.91 Å². The molecule has 0 spiro atoms. The van der Waals surface area contributed by atoms with E-state index in [1.165, 1.54) is 17.5 Å². The van der Waals surface area contributed by atoms with Gasteiger partial charge in [0, 0.05) is 24.5 Å². The number of nitrogens with zero attached hydrogens (tertiary/aromatic N) is 1. The topological polar surface area (TPSA) is 46.3 Å². The van der Waals surface area contributed by atoms with Gasteiger partial charge in [0.15, 0.2) is 0 Å². The maximum Gasteiger partial charge on any atom is 0.226 e. The minimum Gasteiger partial charge on any atom is -0.338 e. The van der Waals surface area contributed by atoms with Crippen molar-refractivity contribution in [1.29, 1.82) is 0 Å². The van der Waals surface area contributed by atoms with Crippen molar-refractivity contribution in [2.45, 2.75) is 57.5 Å². The fourth-order valence-corrected chi connectivity index (χ4v) is 3.81. The highest BCUT2D eigenvalue weighted by molar-refractivity contribution is 5.83. The van der Waals surface area contributed by atoms with Crippen molar-refractivity contribution in [3.63, 3.8) is 0 Å². The van der Waals surface area contributed by atoms with E-state index >= 15 is 0 Å². The molecule has 0 unspecified atom stereocenters. The minimum absolute atomic E-state index is 0.0740. The molecule has 2 fully saturated rings. The number of benzene rings is 1. The molecule has 1 aliphatic heterocycles. The maximum atomic E-state index is 12.8. The third kappa shape index (κ3) is 2.84. The van der Waals surface area contributed by atoms with Gasteiger partial charge in [-0.3, -0.25) is 4.79 Å². The molecule has 0 aromatic heterocycles. The van der Waals surface area contributed by atoms with Crippen LogP contribution in [0.2, 0.25) is 0 Å². The number of aryl methyl sites for hydroxylation is 1. The fraction of sp³-hybridized carbons (Fsp3) is 0.611.